The molecular formula is C12H25ClN2O2. The molecule has 0 aromatic heterocycles. The van der Waals surface area contributed by atoms with E-state index in [1.54, 1.807) is 0 Å². The smallest absolute Gasteiger partial charge is 0.410 e. The van der Waals surface area contributed by atoms with Crippen LogP contribution in [0.4, 0.5) is 4.79 Å². The van der Waals surface area contributed by atoms with Crippen molar-refractivity contribution in [1.29, 1.82) is 0 Å². The summed E-state index contributed by atoms with van der Waals surface area (Å²) < 4.78 is 5.39. The van der Waals surface area contributed by atoms with Gasteiger partial charge in [0.05, 0.1) is 0 Å². The van der Waals surface area contributed by atoms with Crippen molar-refractivity contribution >= 4 is 18.5 Å². The minimum atomic E-state index is -0.422. The summed E-state index contributed by atoms with van der Waals surface area (Å²) in [6.07, 6.45) is 2.49. The van der Waals surface area contributed by atoms with E-state index in [0.29, 0.717) is 6.54 Å². The Morgan fingerprint density at radius 1 is 1.47 bits per heavy atom. The van der Waals surface area contributed by atoms with Gasteiger partial charge in [0.25, 0.3) is 0 Å². The molecule has 1 aliphatic heterocycles. The van der Waals surface area contributed by atoms with Gasteiger partial charge in [0, 0.05) is 18.6 Å². The number of carbonyl (C=O) groups excluding carboxylic acids is 1. The Labute approximate surface area is 110 Å². The molecule has 0 saturated carbocycles. The number of rotatable bonds is 1. The molecular weight excluding hydrogens is 240 g/mol. The molecule has 102 valence electrons. The van der Waals surface area contributed by atoms with Gasteiger partial charge >= 0.3 is 6.09 Å². The van der Waals surface area contributed by atoms with Crippen molar-refractivity contribution in [2.45, 2.75) is 64.6 Å². The van der Waals surface area contributed by atoms with E-state index in [1.165, 1.54) is 0 Å². The molecule has 0 aromatic carbocycles. The molecule has 0 aromatic rings. The number of nitrogens with zero attached hydrogens (tertiary/aromatic N) is 1. The zero-order valence-corrected chi connectivity index (χ0v) is 12.0. The van der Waals surface area contributed by atoms with E-state index in [1.807, 2.05) is 25.7 Å². The predicted octanol–water partition coefficient (Wildman–Crippen LogP) is 2.55. The molecule has 4 nitrogen and oxygen atoms in total. The highest BCUT2D eigenvalue weighted by Gasteiger charge is 2.31. The third-order valence-electron chi connectivity index (χ3n) is 2.86. The molecule has 1 saturated heterocycles. The van der Waals surface area contributed by atoms with Crippen LogP contribution in [0.25, 0.3) is 0 Å². The fourth-order valence-electron chi connectivity index (χ4n) is 2.03. The first kappa shape index (κ1) is 16.5. The van der Waals surface area contributed by atoms with Gasteiger partial charge in [-0.1, -0.05) is 6.92 Å². The van der Waals surface area contributed by atoms with E-state index in [9.17, 15) is 4.79 Å². The molecule has 0 bridgehead atoms. The Hall–Kier alpha value is -0.480. The molecule has 0 unspecified atom stereocenters. The van der Waals surface area contributed by atoms with Crippen molar-refractivity contribution in [3.63, 3.8) is 0 Å². The monoisotopic (exact) mass is 264 g/mol. The summed E-state index contributed by atoms with van der Waals surface area (Å²) in [5.41, 5.74) is 5.49. The van der Waals surface area contributed by atoms with E-state index in [4.69, 9.17) is 10.5 Å². The second-order valence-electron chi connectivity index (χ2n) is 5.52. The standard InChI is InChI=1S/C12H24N2O2.ClH/c1-5-10-8-9(13)6-7-14(10)11(15)16-12(2,3)4;/h9-10H,5-8,13H2,1-4H3;1H/t9-,10-;/m0./s1. The predicted molar refractivity (Wildman–Crippen MR) is 71.5 cm³/mol. The van der Waals surface area contributed by atoms with Gasteiger partial charge in [0.1, 0.15) is 5.60 Å². The SMILES string of the molecule is CC[C@H]1C[C@@H](N)CCN1C(=O)OC(C)(C)C.Cl. The third-order valence-corrected chi connectivity index (χ3v) is 2.86. The number of hydrogen-bond acceptors (Lipinski definition) is 3. The molecule has 0 spiro atoms. The van der Waals surface area contributed by atoms with Crippen LogP contribution in [0.5, 0.6) is 0 Å². The van der Waals surface area contributed by atoms with E-state index >= 15 is 0 Å². The number of ether oxygens (including phenoxy) is 1. The summed E-state index contributed by atoms with van der Waals surface area (Å²) >= 11 is 0. The lowest BCUT2D eigenvalue weighted by molar-refractivity contribution is 0.00790. The third kappa shape index (κ3) is 5.13. The van der Waals surface area contributed by atoms with Crippen LogP contribution in [0.15, 0.2) is 0 Å². The minimum absolute atomic E-state index is 0. The molecule has 5 heteroatoms. The Morgan fingerprint density at radius 2 is 2.06 bits per heavy atom. The van der Waals surface area contributed by atoms with Crippen molar-refractivity contribution in [1.82, 2.24) is 4.90 Å². The van der Waals surface area contributed by atoms with Crippen LogP contribution in [0.3, 0.4) is 0 Å². The summed E-state index contributed by atoms with van der Waals surface area (Å²) in [4.78, 5) is 13.8. The second kappa shape index (κ2) is 6.45. The molecule has 2 N–H and O–H groups in total. The summed E-state index contributed by atoms with van der Waals surface area (Å²) in [5, 5.41) is 0. The highest BCUT2D eigenvalue weighted by Crippen LogP contribution is 2.21. The Kier molecular flexibility index (Phi) is 6.27. The largest absolute Gasteiger partial charge is 0.444 e. The number of likely N-dealkylation sites (tertiary alicyclic amines) is 1. The highest BCUT2D eigenvalue weighted by molar-refractivity contribution is 5.85. The van der Waals surface area contributed by atoms with Crippen LogP contribution in [0.1, 0.15) is 47.0 Å². The van der Waals surface area contributed by atoms with Gasteiger partial charge in [-0.2, -0.15) is 0 Å². The maximum absolute atomic E-state index is 12.0. The first-order valence-corrected chi connectivity index (χ1v) is 6.08. The average molecular weight is 265 g/mol. The first-order valence-electron chi connectivity index (χ1n) is 6.08. The quantitative estimate of drug-likeness (QED) is 0.792. The van der Waals surface area contributed by atoms with Crippen molar-refractivity contribution in [3.05, 3.63) is 0 Å². The van der Waals surface area contributed by atoms with E-state index in [0.717, 1.165) is 19.3 Å². The van der Waals surface area contributed by atoms with Gasteiger partial charge in [0.2, 0.25) is 0 Å². The fraction of sp³-hybridized carbons (Fsp3) is 0.917. The zero-order valence-electron chi connectivity index (χ0n) is 11.2. The van der Waals surface area contributed by atoms with E-state index < -0.39 is 5.60 Å². The Bertz CT molecular complexity index is 253. The van der Waals surface area contributed by atoms with Gasteiger partial charge < -0.3 is 15.4 Å². The maximum Gasteiger partial charge on any atom is 0.410 e. The molecule has 1 rings (SSSR count). The summed E-state index contributed by atoms with van der Waals surface area (Å²) in [5.74, 6) is 0. The normalized spacial score (nSPS) is 25.1. The Balaban J connectivity index is 0.00000256. The number of halogens is 1. The minimum Gasteiger partial charge on any atom is -0.444 e. The maximum atomic E-state index is 12.0. The number of carbonyl (C=O) groups is 1. The number of piperidine rings is 1. The summed E-state index contributed by atoms with van der Waals surface area (Å²) in [7, 11) is 0. The molecule has 1 amide bonds. The van der Waals surface area contributed by atoms with Crippen LogP contribution in [0, 0.1) is 0 Å². The van der Waals surface area contributed by atoms with Gasteiger partial charge in [0.15, 0.2) is 0 Å². The molecule has 1 aliphatic rings. The van der Waals surface area contributed by atoms with Gasteiger partial charge in [-0.05, 0) is 40.0 Å². The first-order chi connectivity index (χ1) is 7.33. The van der Waals surface area contributed by atoms with Gasteiger partial charge in [-0.15, -0.1) is 12.4 Å². The summed E-state index contributed by atoms with van der Waals surface area (Å²) in [6, 6.07) is 0.460. The molecule has 0 aliphatic carbocycles. The number of amides is 1. The lowest BCUT2D eigenvalue weighted by atomic mass is 9.96. The molecule has 17 heavy (non-hydrogen) atoms. The number of hydrogen-bond donors (Lipinski definition) is 1. The van der Waals surface area contributed by atoms with Crippen molar-refractivity contribution in [3.8, 4) is 0 Å². The van der Waals surface area contributed by atoms with Crippen LogP contribution in [0.2, 0.25) is 0 Å². The van der Waals surface area contributed by atoms with Gasteiger partial charge in [-0.3, -0.25) is 0 Å². The molecule has 1 fully saturated rings. The van der Waals surface area contributed by atoms with E-state index in [2.05, 4.69) is 6.92 Å². The lowest BCUT2D eigenvalue weighted by Gasteiger charge is -2.38. The van der Waals surface area contributed by atoms with Gasteiger partial charge in [-0.25, -0.2) is 4.79 Å². The topological polar surface area (TPSA) is 55.6 Å². The molecule has 0 radical (unpaired) electrons. The molecule has 1 heterocycles. The highest BCUT2D eigenvalue weighted by atomic mass is 35.5. The average Bonchev–Trinajstić information content (AvgIpc) is 2.14. The van der Waals surface area contributed by atoms with Crippen LogP contribution < -0.4 is 5.73 Å². The van der Waals surface area contributed by atoms with Crippen LogP contribution in [-0.4, -0.2) is 35.2 Å². The van der Waals surface area contributed by atoms with Crippen molar-refractivity contribution < 1.29 is 9.53 Å². The van der Waals surface area contributed by atoms with Crippen LogP contribution in [-0.2, 0) is 4.74 Å². The van der Waals surface area contributed by atoms with Crippen LogP contribution >= 0.6 is 12.4 Å². The Morgan fingerprint density at radius 3 is 2.53 bits per heavy atom. The number of nitrogens with two attached hydrogens (primary N) is 1. The lowest BCUT2D eigenvalue weighted by Crippen LogP contribution is -2.50. The zero-order chi connectivity index (χ0) is 12.3. The van der Waals surface area contributed by atoms with Crippen molar-refractivity contribution in [2.24, 2.45) is 5.73 Å². The fourth-order valence-corrected chi connectivity index (χ4v) is 2.03. The summed E-state index contributed by atoms with van der Waals surface area (Å²) in [6.45, 7) is 8.47. The van der Waals surface area contributed by atoms with E-state index in [-0.39, 0.29) is 30.6 Å². The second-order valence-corrected chi connectivity index (χ2v) is 5.52. The van der Waals surface area contributed by atoms with Crippen molar-refractivity contribution in [2.75, 3.05) is 6.54 Å². The molecule has 2 atom stereocenters.